The Labute approximate surface area is 124 Å². The molecule has 0 saturated carbocycles. The van der Waals surface area contributed by atoms with Crippen LogP contribution >= 0.6 is 0 Å². The van der Waals surface area contributed by atoms with Crippen LogP contribution in [-0.4, -0.2) is 37.1 Å². The van der Waals surface area contributed by atoms with Crippen molar-refractivity contribution in [3.05, 3.63) is 12.2 Å². The second kappa shape index (κ2) is 9.17. The summed E-state index contributed by atoms with van der Waals surface area (Å²) in [7, 11) is 3.55. The smallest absolute Gasteiger partial charge is 0.245 e. The van der Waals surface area contributed by atoms with E-state index in [1.807, 2.05) is 6.08 Å². The van der Waals surface area contributed by atoms with Crippen molar-refractivity contribution in [1.82, 2.24) is 4.90 Å². The van der Waals surface area contributed by atoms with E-state index in [0.717, 1.165) is 19.4 Å². The van der Waals surface area contributed by atoms with Gasteiger partial charge in [-0.2, -0.15) is 0 Å². The highest BCUT2D eigenvalue weighted by molar-refractivity contribution is 5.87. The van der Waals surface area contributed by atoms with E-state index in [1.165, 1.54) is 44.9 Å². The molecular formula is C17H31NO2. The van der Waals surface area contributed by atoms with Gasteiger partial charge in [-0.1, -0.05) is 51.5 Å². The zero-order valence-electron chi connectivity index (χ0n) is 13.5. The zero-order valence-corrected chi connectivity index (χ0v) is 13.5. The van der Waals surface area contributed by atoms with E-state index in [4.69, 9.17) is 4.74 Å². The summed E-state index contributed by atoms with van der Waals surface area (Å²) in [5.74, 6) is 0.0617. The van der Waals surface area contributed by atoms with E-state index in [-0.39, 0.29) is 11.5 Å². The third kappa shape index (κ3) is 7.09. The Balaban J connectivity index is 2.06. The molecule has 1 amide bonds. The molecule has 0 aliphatic carbocycles. The molecule has 1 rings (SSSR count). The maximum atomic E-state index is 11.4. The minimum absolute atomic E-state index is 0.0617. The molecule has 116 valence electrons. The Morgan fingerprint density at radius 1 is 1.15 bits per heavy atom. The monoisotopic (exact) mass is 281 g/mol. The van der Waals surface area contributed by atoms with Gasteiger partial charge in [0.2, 0.25) is 5.91 Å². The van der Waals surface area contributed by atoms with Gasteiger partial charge in [0.1, 0.15) is 0 Å². The molecule has 1 fully saturated rings. The first kappa shape index (κ1) is 17.2. The summed E-state index contributed by atoms with van der Waals surface area (Å²) in [6, 6.07) is 0. The van der Waals surface area contributed by atoms with Gasteiger partial charge in [-0.15, -0.1) is 0 Å². The number of allylic oxidation sites excluding steroid dienone is 1. The zero-order chi connectivity index (χ0) is 14.8. The molecule has 1 atom stereocenters. The summed E-state index contributed by atoms with van der Waals surface area (Å²) >= 11 is 0. The summed E-state index contributed by atoms with van der Waals surface area (Å²) < 4.78 is 5.65. The number of carbonyl (C=O) groups excluding carboxylic acids is 1. The molecule has 3 heteroatoms. The molecule has 1 saturated heterocycles. The first-order valence-corrected chi connectivity index (χ1v) is 8.11. The molecule has 20 heavy (non-hydrogen) atoms. The predicted molar refractivity (Wildman–Crippen MR) is 83.7 cm³/mol. The molecule has 1 aliphatic heterocycles. The number of rotatable bonds is 11. The maximum absolute atomic E-state index is 11.4. The molecule has 0 aromatic rings. The number of epoxide rings is 1. The lowest BCUT2D eigenvalue weighted by Crippen LogP contribution is -2.18. The summed E-state index contributed by atoms with van der Waals surface area (Å²) in [6.45, 7) is 3.17. The Kier molecular flexibility index (Phi) is 7.90. The average molecular weight is 281 g/mol. The van der Waals surface area contributed by atoms with Crippen LogP contribution < -0.4 is 0 Å². The van der Waals surface area contributed by atoms with Gasteiger partial charge in [0.25, 0.3) is 0 Å². The molecule has 0 radical (unpaired) electrons. The topological polar surface area (TPSA) is 32.8 Å². The van der Waals surface area contributed by atoms with Crippen LogP contribution in [0.1, 0.15) is 64.7 Å². The van der Waals surface area contributed by atoms with Crippen molar-refractivity contribution < 1.29 is 9.53 Å². The highest BCUT2D eigenvalue weighted by atomic mass is 16.6. The average Bonchev–Trinajstić information content (AvgIpc) is 3.19. The van der Waals surface area contributed by atoms with E-state index in [9.17, 15) is 4.79 Å². The number of carbonyl (C=O) groups is 1. The summed E-state index contributed by atoms with van der Waals surface area (Å²) in [6.07, 6.45) is 14.9. The van der Waals surface area contributed by atoms with Gasteiger partial charge >= 0.3 is 0 Å². The van der Waals surface area contributed by atoms with Crippen molar-refractivity contribution in [3.8, 4) is 0 Å². The van der Waals surface area contributed by atoms with Crippen molar-refractivity contribution in [2.75, 3.05) is 20.7 Å². The molecule has 0 spiro atoms. The Morgan fingerprint density at radius 2 is 1.80 bits per heavy atom. The van der Waals surface area contributed by atoms with Crippen LogP contribution in [-0.2, 0) is 9.53 Å². The van der Waals surface area contributed by atoms with Crippen molar-refractivity contribution in [2.24, 2.45) is 0 Å². The summed E-state index contributed by atoms with van der Waals surface area (Å²) in [5, 5.41) is 0. The molecule has 1 heterocycles. The number of ether oxygens (including phenoxy) is 1. The number of amides is 1. The molecule has 1 aliphatic rings. The normalized spacial score (nSPS) is 21.4. The number of nitrogens with zero attached hydrogens (tertiary/aromatic N) is 1. The van der Waals surface area contributed by atoms with Crippen molar-refractivity contribution in [2.45, 2.75) is 70.3 Å². The van der Waals surface area contributed by atoms with Gasteiger partial charge < -0.3 is 9.64 Å². The van der Waals surface area contributed by atoms with Gasteiger partial charge in [-0.05, 0) is 25.3 Å². The molecule has 0 bridgehead atoms. The first-order valence-electron chi connectivity index (χ1n) is 8.11. The van der Waals surface area contributed by atoms with Gasteiger partial charge in [-0.25, -0.2) is 0 Å². The van der Waals surface area contributed by atoms with E-state index in [0.29, 0.717) is 0 Å². The van der Waals surface area contributed by atoms with E-state index < -0.39 is 0 Å². The van der Waals surface area contributed by atoms with Crippen LogP contribution in [0, 0.1) is 0 Å². The molecular weight excluding hydrogens is 250 g/mol. The Hall–Kier alpha value is -0.830. The van der Waals surface area contributed by atoms with Gasteiger partial charge in [0.05, 0.1) is 12.2 Å². The van der Waals surface area contributed by atoms with Crippen molar-refractivity contribution >= 4 is 5.91 Å². The van der Waals surface area contributed by atoms with E-state index in [2.05, 4.69) is 6.92 Å². The van der Waals surface area contributed by atoms with E-state index >= 15 is 0 Å². The molecule has 1 unspecified atom stereocenters. The molecule has 0 aromatic heterocycles. The Bertz CT molecular complexity index is 306. The first-order chi connectivity index (χ1) is 9.59. The highest BCUT2D eigenvalue weighted by Crippen LogP contribution is 2.37. The van der Waals surface area contributed by atoms with Crippen LogP contribution in [0.25, 0.3) is 0 Å². The van der Waals surface area contributed by atoms with Crippen LogP contribution in [0.5, 0.6) is 0 Å². The number of hydrogen-bond donors (Lipinski definition) is 0. The van der Waals surface area contributed by atoms with Crippen LogP contribution in [0.15, 0.2) is 12.2 Å². The number of unbranched alkanes of at least 4 members (excludes halogenated alkanes) is 5. The minimum Gasteiger partial charge on any atom is -0.370 e. The number of likely N-dealkylation sites (N-methyl/N-ethyl adjacent to an activating group) is 1. The third-order valence-electron chi connectivity index (χ3n) is 4.01. The largest absolute Gasteiger partial charge is 0.370 e. The summed E-state index contributed by atoms with van der Waals surface area (Å²) in [5.41, 5.74) is 0.149. The maximum Gasteiger partial charge on any atom is 0.245 e. The quantitative estimate of drug-likeness (QED) is 0.326. The van der Waals surface area contributed by atoms with Crippen LogP contribution in [0.4, 0.5) is 0 Å². The van der Waals surface area contributed by atoms with Gasteiger partial charge in [0, 0.05) is 14.1 Å². The molecule has 3 nitrogen and oxygen atoms in total. The van der Waals surface area contributed by atoms with Crippen LogP contribution in [0.3, 0.4) is 0 Å². The second-order valence-electron chi connectivity index (χ2n) is 6.16. The third-order valence-corrected chi connectivity index (χ3v) is 4.01. The van der Waals surface area contributed by atoms with Gasteiger partial charge in [-0.3, -0.25) is 4.79 Å². The lowest BCUT2D eigenvalue weighted by atomic mass is 9.96. The number of hydrogen-bond acceptors (Lipinski definition) is 2. The van der Waals surface area contributed by atoms with Gasteiger partial charge in [0.15, 0.2) is 0 Å². The fourth-order valence-corrected chi connectivity index (χ4v) is 2.42. The predicted octanol–water partition coefficient (Wildman–Crippen LogP) is 3.93. The highest BCUT2D eigenvalue weighted by Gasteiger charge is 2.42. The van der Waals surface area contributed by atoms with Crippen molar-refractivity contribution in [1.29, 1.82) is 0 Å². The molecule has 0 N–H and O–H groups in total. The second-order valence-corrected chi connectivity index (χ2v) is 6.16. The summed E-state index contributed by atoms with van der Waals surface area (Å²) in [4.78, 5) is 13.0. The molecule has 0 aromatic carbocycles. The van der Waals surface area contributed by atoms with Crippen molar-refractivity contribution in [3.63, 3.8) is 0 Å². The minimum atomic E-state index is 0.0617. The SMILES string of the molecule is CCCCCCCCC1(CC/C=C/C(=O)N(C)C)CO1. The fraction of sp³-hybridized carbons (Fsp3) is 0.824. The fourth-order valence-electron chi connectivity index (χ4n) is 2.42. The van der Waals surface area contributed by atoms with E-state index in [1.54, 1.807) is 25.1 Å². The van der Waals surface area contributed by atoms with Crippen LogP contribution in [0.2, 0.25) is 0 Å². The Morgan fingerprint density at radius 3 is 2.40 bits per heavy atom. The standard InChI is InChI=1S/C17H31NO2/c1-4-5-6-7-8-10-13-17(15-20-17)14-11-9-12-16(19)18(2)3/h9,12H,4-8,10-11,13-15H2,1-3H3/b12-9+. The lowest BCUT2D eigenvalue weighted by Gasteiger charge is -2.10. The lowest BCUT2D eigenvalue weighted by molar-refractivity contribution is -0.123.